The van der Waals surface area contributed by atoms with Crippen LogP contribution in [0, 0.1) is 23.2 Å². The van der Waals surface area contributed by atoms with Crippen LogP contribution in [0.2, 0.25) is 0 Å². The fraction of sp³-hybridized carbons (Fsp3) is 0.897. The third kappa shape index (κ3) is 48.5. The van der Waals surface area contributed by atoms with Gasteiger partial charge in [0.2, 0.25) is 17.7 Å². The molecule has 4 aliphatic rings. The number of carbonyl (C=O) groups is 9. The minimum Gasteiger partial charge on any atom is -0.466 e. The number of esters is 2. The number of carbonyl (C=O) groups excluding carboxylic acids is 9. The van der Waals surface area contributed by atoms with E-state index in [4.69, 9.17) is 47.4 Å². The number of nitrogens with zero attached hydrogens (tertiary/aromatic N) is 1. The molecule has 4 saturated heterocycles. The molecule has 17 atom stereocenters. The number of Topliss-reactive ketones (excluding diaryl/α,β-unsaturated/α-hetero) is 3. The number of likely N-dealkylation sites (tertiary alicyclic amines) is 1. The smallest absolute Gasteiger partial charge is 0.407 e. The first-order chi connectivity index (χ1) is 58.3. The molecule has 33 nitrogen and oxygen atoms in total. The van der Waals surface area contributed by atoms with Crippen molar-refractivity contribution in [3.05, 3.63) is 0 Å². The average Bonchev–Trinajstić information content (AvgIpc) is 1.75. The Labute approximate surface area is 763 Å². The van der Waals surface area contributed by atoms with E-state index in [2.05, 4.69) is 16.0 Å². The molecule has 713 valence electrons. The van der Waals surface area contributed by atoms with Crippen LogP contribution in [0.1, 0.15) is 279 Å². The molecule has 4 amide bonds. The maximum atomic E-state index is 14.2. The van der Waals surface area contributed by atoms with Gasteiger partial charge in [-0.25, -0.2) is 4.79 Å². The van der Waals surface area contributed by atoms with Crippen LogP contribution in [0.15, 0.2) is 0 Å². The Kier molecular flexibility index (Phi) is 65.6. The van der Waals surface area contributed by atoms with Gasteiger partial charge in [0.1, 0.15) is 54.0 Å². The predicted molar refractivity (Wildman–Crippen MR) is 458 cm³/mol. The summed E-state index contributed by atoms with van der Waals surface area (Å²) in [6.45, 7) is 6.25. The van der Waals surface area contributed by atoms with E-state index in [1.54, 1.807) is 54.4 Å². The van der Waals surface area contributed by atoms with E-state index in [0.717, 1.165) is 77.0 Å². The van der Waals surface area contributed by atoms with Crippen LogP contribution in [-0.2, 0) is 118 Å². The van der Waals surface area contributed by atoms with Crippen LogP contribution in [0.25, 0.3) is 0 Å². The number of ketones is 3. The molecule has 13 N–H and O–H groups in total. The molecule has 15 unspecified atom stereocenters. The summed E-state index contributed by atoms with van der Waals surface area (Å²) in [5.74, 6) is -1.03. The Morgan fingerprint density at radius 3 is 1.20 bits per heavy atom. The molecular weight excluding hydrogens is 1720 g/mol. The first kappa shape index (κ1) is 116. The summed E-state index contributed by atoms with van der Waals surface area (Å²) in [5, 5.41) is 108. The van der Waals surface area contributed by atoms with Crippen LogP contribution in [0.4, 0.5) is 4.79 Å². The minimum atomic E-state index is -1.22. The molecule has 0 aliphatic carbocycles. The molecule has 0 aromatic carbocycles. The van der Waals surface area contributed by atoms with Crippen molar-refractivity contribution in [2.45, 2.75) is 365 Å². The minimum absolute atomic E-state index is 0. The monoisotopic (exact) mass is 1870 g/mol. The molecule has 36 heteroatoms. The second kappa shape index (κ2) is 69.7. The van der Waals surface area contributed by atoms with E-state index in [0.29, 0.717) is 173 Å². The third-order valence-electron chi connectivity index (χ3n) is 23.2. The van der Waals surface area contributed by atoms with E-state index >= 15 is 0 Å². The second-order valence-corrected chi connectivity index (χ2v) is 35.9. The molecule has 4 rings (SSSR count). The zero-order valence-electron chi connectivity index (χ0n) is 73.3. The number of nitrogens with one attached hydrogen (secondary N) is 3. The topological polar surface area (TPSA) is 488 Å². The van der Waals surface area contributed by atoms with Gasteiger partial charge >= 0.3 is 18.0 Å². The molecule has 0 saturated carbocycles. The van der Waals surface area contributed by atoms with Crippen LogP contribution in [0.5, 0.6) is 0 Å². The Bertz CT molecular complexity index is 2650. The maximum Gasteiger partial charge on any atom is 0.407 e. The van der Waals surface area contributed by atoms with E-state index in [-0.39, 0.29) is 184 Å². The van der Waals surface area contributed by atoms with Crippen molar-refractivity contribution in [2.24, 2.45) is 23.2 Å². The number of alkyl carbamates (subject to hydrolysis) is 1. The number of hydrogen-bond donors (Lipinski definition) is 13. The molecule has 4 heterocycles. The van der Waals surface area contributed by atoms with Gasteiger partial charge in [0.15, 0.2) is 18.9 Å². The number of amides is 4. The van der Waals surface area contributed by atoms with Crippen molar-refractivity contribution in [1.29, 1.82) is 0 Å². The summed E-state index contributed by atoms with van der Waals surface area (Å²) in [4.78, 5) is 119. The number of rotatable bonds is 71. The van der Waals surface area contributed by atoms with Crippen LogP contribution in [0.3, 0.4) is 0 Å². The van der Waals surface area contributed by atoms with Crippen LogP contribution in [-0.4, -0.2) is 306 Å². The Hall–Kier alpha value is -3.25. The van der Waals surface area contributed by atoms with Crippen molar-refractivity contribution in [3.8, 4) is 0 Å². The first-order valence-electron chi connectivity index (χ1n) is 45.0. The zero-order valence-corrected chi connectivity index (χ0v) is 77.7. The molecule has 123 heavy (non-hydrogen) atoms. The summed E-state index contributed by atoms with van der Waals surface area (Å²) >= 11 is 0. The van der Waals surface area contributed by atoms with Gasteiger partial charge in [0, 0.05) is 166 Å². The Balaban J connectivity index is 0.0000256. The molecular formula is C87H156N4O29S2Y. The van der Waals surface area contributed by atoms with Crippen molar-refractivity contribution in [1.82, 2.24) is 20.9 Å². The average molecular weight is 1880 g/mol. The molecule has 1 radical (unpaired) electrons. The van der Waals surface area contributed by atoms with Crippen LogP contribution < -0.4 is 16.0 Å². The van der Waals surface area contributed by atoms with Gasteiger partial charge in [-0.2, -0.15) is 0 Å². The van der Waals surface area contributed by atoms with Crippen molar-refractivity contribution >= 4 is 74.7 Å². The molecule has 4 aliphatic heterocycles. The van der Waals surface area contributed by atoms with E-state index < -0.39 is 123 Å². The zero-order chi connectivity index (χ0) is 88.6. The van der Waals surface area contributed by atoms with E-state index in [1.807, 2.05) is 0 Å². The standard InChI is InChI=1S/C86H152N4O29S2.CH4.Y/c1-60-76(103)79(106)68(57-92)117-82(60)113-45-22-31-64(95)29-14-8-5-13-21-44-89-85(109)116-50-28-41-86(54-66(97)38-52-121-120-51-25-32-65(96)30-17-18-35-73(100)90-55-67(110-4)53-63(90)56-91,39-26-48-111-74(101)36-15-9-6-11-19-42-87-71(98)33-23-46-114-83-61(2)77(104)80(107)69(58-93)118-83)40-27-49-112-75(102)37-16-10-7-12-20-43-88-72(99)34-24-47-115-84-62(3)78(105)81(108)70(59-94)119-84;;/h60-63,67-70,76-84,91-94,103-108H,5-59H2,1-4H3,(H,87,98)(H,88,99)(H,89,109);1H4;/t60?,61?,62?,63-,67+,68?,69?,70?,76?,77?,78?,79?,80?,81?,82?,83?,84?,86?;;/m1../s1. The third-order valence-corrected chi connectivity index (χ3v) is 25.7. The summed E-state index contributed by atoms with van der Waals surface area (Å²) in [6, 6.07) is -0.254. The summed E-state index contributed by atoms with van der Waals surface area (Å²) in [7, 11) is 4.76. The molecule has 0 spiro atoms. The molecule has 4 fully saturated rings. The number of hydrogen-bond acceptors (Lipinski definition) is 31. The molecule has 0 aromatic rings. The fourth-order valence-electron chi connectivity index (χ4n) is 15.6. The molecule has 0 aromatic heterocycles. The number of methoxy groups -OCH3 is 1. The van der Waals surface area contributed by atoms with Gasteiger partial charge in [0.25, 0.3) is 0 Å². The van der Waals surface area contributed by atoms with Gasteiger partial charge in [-0.1, -0.05) is 108 Å². The fourth-order valence-corrected chi connectivity index (χ4v) is 17.7. The SMILES string of the molecule is C.CO[C@H]1C[C@H](CO)N(C(=O)CCCCC(=O)CCCSSCCC(=O)CC(CCCOC(=O)CCCCCCCNC(=O)CCCOC2OC(CO)C(O)C(O)C2C)(CCCOC(=O)CCCCCCCNC(=O)CCCOC2OC(CO)C(O)C(O)C2C)CCCOC(=O)NCCCCCCCC(=O)CCCOC2OC(CO)C(O)C(O)C2C)C1.[Y]. The van der Waals surface area contributed by atoms with E-state index in [9.17, 15) is 94.2 Å². The number of ether oxygens (including phenoxy) is 10. The van der Waals surface area contributed by atoms with E-state index in [1.165, 1.54) is 0 Å². The summed E-state index contributed by atoms with van der Waals surface area (Å²) < 4.78 is 56.6. The first-order valence-corrected chi connectivity index (χ1v) is 47.5. The second-order valence-electron chi connectivity index (χ2n) is 33.2. The van der Waals surface area contributed by atoms with Gasteiger partial charge in [0.05, 0.1) is 96.5 Å². The maximum absolute atomic E-state index is 14.2. The van der Waals surface area contributed by atoms with Crippen molar-refractivity contribution in [2.75, 3.05) is 111 Å². The van der Waals surface area contributed by atoms with Gasteiger partial charge in [-0.3, -0.25) is 38.4 Å². The predicted octanol–water partition coefficient (Wildman–Crippen LogP) is 7.45. The Morgan fingerprint density at radius 2 is 0.764 bits per heavy atom. The van der Waals surface area contributed by atoms with Gasteiger partial charge in [-0.15, -0.1) is 0 Å². The van der Waals surface area contributed by atoms with Crippen LogP contribution >= 0.6 is 21.6 Å². The number of unbranched alkanes of at least 4 members (excludes halogenated alkanes) is 13. The number of aliphatic hydroxyl groups excluding tert-OH is 10. The summed E-state index contributed by atoms with van der Waals surface area (Å²) in [6.07, 6.45) is 8.29. The quantitative estimate of drug-likeness (QED) is 0.0122. The molecule has 0 bridgehead atoms. The number of aliphatic hydroxyl groups is 10. The normalized spacial score (nSPS) is 24.9. The largest absolute Gasteiger partial charge is 0.466 e. The summed E-state index contributed by atoms with van der Waals surface area (Å²) in [5.41, 5.74) is -0.645. The Morgan fingerprint density at radius 1 is 0.398 bits per heavy atom. The van der Waals surface area contributed by atoms with Crippen molar-refractivity contribution in [3.63, 3.8) is 0 Å². The van der Waals surface area contributed by atoms with Gasteiger partial charge < -0.3 is 119 Å². The van der Waals surface area contributed by atoms with Gasteiger partial charge in [-0.05, 0) is 127 Å². The van der Waals surface area contributed by atoms with Crippen molar-refractivity contribution < 1.29 is 174 Å².